The number of benzene rings is 2. The van der Waals surface area contributed by atoms with E-state index in [1.807, 2.05) is 53.1 Å². The maximum absolute atomic E-state index is 12.4. The van der Waals surface area contributed by atoms with Crippen LogP contribution in [0.4, 0.5) is 5.69 Å². The van der Waals surface area contributed by atoms with Crippen LogP contribution in [-0.4, -0.2) is 20.3 Å². The Hall–Kier alpha value is -3.67. The van der Waals surface area contributed by atoms with E-state index in [1.54, 1.807) is 6.20 Å². The highest BCUT2D eigenvalue weighted by Gasteiger charge is 2.32. The number of carbonyl (C=O) groups excluding carboxylic acids is 1. The quantitative estimate of drug-likeness (QED) is 0.580. The number of imidazole rings is 1. The molecule has 5 rings (SSSR count). The number of aromatic nitrogens is 3. The van der Waals surface area contributed by atoms with Crippen LogP contribution in [0.1, 0.15) is 29.7 Å². The van der Waals surface area contributed by atoms with Gasteiger partial charge in [-0.1, -0.05) is 36.4 Å². The van der Waals surface area contributed by atoms with Crippen LogP contribution >= 0.6 is 0 Å². The van der Waals surface area contributed by atoms with Crippen molar-refractivity contribution in [2.75, 3.05) is 5.32 Å². The van der Waals surface area contributed by atoms with Crippen molar-refractivity contribution in [3.05, 3.63) is 88.1 Å². The van der Waals surface area contributed by atoms with Crippen molar-refractivity contribution >= 4 is 17.2 Å². The molecule has 2 heterocycles. The smallest absolute Gasteiger partial charge is 0.292 e. The average Bonchev–Trinajstić information content (AvgIpc) is 3.28. The third-order valence-electron chi connectivity index (χ3n) is 5.25. The van der Waals surface area contributed by atoms with Crippen molar-refractivity contribution in [2.45, 2.75) is 19.3 Å². The Morgan fingerprint density at radius 1 is 1.18 bits per heavy atom. The highest BCUT2D eigenvalue weighted by molar-refractivity contribution is 5.88. The summed E-state index contributed by atoms with van der Waals surface area (Å²) in [4.78, 5) is 30.9. The van der Waals surface area contributed by atoms with Gasteiger partial charge in [0.2, 0.25) is 11.6 Å². The molecule has 2 aromatic carbocycles. The molecule has 1 aliphatic rings. The van der Waals surface area contributed by atoms with Gasteiger partial charge in [0, 0.05) is 36.5 Å². The molecular formula is C22H18N4O2. The summed E-state index contributed by atoms with van der Waals surface area (Å²) in [6, 6.07) is 16.1. The van der Waals surface area contributed by atoms with Gasteiger partial charge in [-0.3, -0.25) is 14.0 Å². The van der Waals surface area contributed by atoms with E-state index in [-0.39, 0.29) is 17.4 Å². The van der Waals surface area contributed by atoms with Crippen molar-refractivity contribution in [3.63, 3.8) is 0 Å². The van der Waals surface area contributed by atoms with E-state index in [9.17, 15) is 9.59 Å². The summed E-state index contributed by atoms with van der Waals surface area (Å²) in [6.45, 7) is 1.50. The minimum Gasteiger partial charge on any atom is -0.326 e. The first-order valence-electron chi connectivity index (χ1n) is 9.17. The maximum Gasteiger partial charge on any atom is 0.292 e. The van der Waals surface area contributed by atoms with Crippen LogP contribution in [-0.2, 0) is 11.2 Å². The number of anilines is 1. The first kappa shape index (κ1) is 16.5. The lowest BCUT2D eigenvalue weighted by Gasteiger charge is -2.15. The number of H-pyrrole nitrogens is 1. The van der Waals surface area contributed by atoms with Crippen LogP contribution in [0, 0.1) is 0 Å². The van der Waals surface area contributed by atoms with E-state index in [4.69, 9.17) is 0 Å². The van der Waals surface area contributed by atoms with Gasteiger partial charge < -0.3 is 10.3 Å². The van der Waals surface area contributed by atoms with Gasteiger partial charge in [-0.25, -0.2) is 4.98 Å². The summed E-state index contributed by atoms with van der Waals surface area (Å²) >= 11 is 0. The SMILES string of the molecule is CC(=O)Nc1ccc(CC2c3ccccc3-c3[nH]c(=O)c4nccn4c32)cc1. The highest BCUT2D eigenvalue weighted by atomic mass is 16.1. The molecule has 1 atom stereocenters. The third-order valence-corrected chi connectivity index (χ3v) is 5.25. The summed E-state index contributed by atoms with van der Waals surface area (Å²) in [5.74, 6) is 0.0178. The molecule has 0 aliphatic heterocycles. The zero-order chi connectivity index (χ0) is 19.3. The summed E-state index contributed by atoms with van der Waals surface area (Å²) < 4.78 is 1.91. The molecular weight excluding hydrogens is 352 g/mol. The molecule has 1 amide bonds. The minimum absolute atomic E-state index is 0.0853. The molecule has 1 unspecified atom stereocenters. The van der Waals surface area contributed by atoms with Gasteiger partial charge in [0.05, 0.1) is 11.4 Å². The summed E-state index contributed by atoms with van der Waals surface area (Å²) in [6.07, 6.45) is 4.29. The molecule has 28 heavy (non-hydrogen) atoms. The van der Waals surface area contributed by atoms with E-state index in [0.717, 1.165) is 34.6 Å². The van der Waals surface area contributed by atoms with Gasteiger partial charge in [0.25, 0.3) is 5.56 Å². The van der Waals surface area contributed by atoms with Crippen LogP contribution in [0.2, 0.25) is 0 Å². The van der Waals surface area contributed by atoms with Crippen molar-refractivity contribution in [3.8, 4) is 11.3 Å². The summed E-state index contributed by atoms with van der Waals surface area (Å²) in [7, 11) is 0. The Morgan fingerprint density at radius 2 is 1.96 bits per heavy atom. The van der Waals surface area contributed by atoms with Crippen molar-refractivity contribution in [1.29, 1.82) is 0 Å². The van der Waals surface area contributed by atoms with Crippen LogP contribution in [0.5, 0.6) is 0 Å². The lowest BCUT2D eigenvalue weighted by molar-refractivity contribution is -0.114. The number of rotatable bonds is 3. The predicted octanol–water partition coefficient (Wildman–Crippen LogP) is 3.34. The number of fused-ring (bicyclic) bond motifs is 5. The van der Waals surface area contributed by atoms with Crippen molar-refractivity contribution in [1.82, 2.24) is 14.4 Å². The normalized spacial score (nSPS) is 14.7. The Kier molecular flexibility index (Phi) is 3.65. The lowest BCUT2D eigenvalue weighted by Crippen LogP contribution is -2.15. The summed E-state index contributed by atoms with van der Waals surface area (Å²) in [5.41, 5.74) is 6.35. The minimum atomic E-state index is -0.182. The molecule has 2 N–H and O–H groups in total. The molecule has 1 aliphatic carbocycles. The number of hydrogen-bond acceptors (Lipinski definition) is 3. The molecule has 6 nitrogen and oxygen atoms in total. The van der Waals surface area contributed by atoms with Crippen molar-refractivity contribution < 1.29 is 4.79 Å². The molecule has 0 spiro atoms. The molecule has 0 bridgehead atoms. The number of amides is 1. The van der Waals surface area contributed by atoms with Gasteiger partial charge in [0.15, 0.2) is 0 Å². The van der Waals surface area contributed by atoms with Gasteiger partial charge >= 0.3 is 0 Å². The Balaban J connectivity index is 1.61. The van der Waals surface area contributed by atoms with Crippen LogP contribution in [0.3, 0.4) is 0 Å². The van der Waals surface area contributed by atoms with Gasteiger partial charge in [-0.05, 0) is 29.7 Å². The Labute approximate surface area is 160 Å². The third kappa shape index (κ3) is 2.53. The molecule has 0 saturated carbocycles. The van der Waals surface area contributed by atoms with E-state index in [0.29, 0.717) is 5.65 Å². The Bertz CT molecular complexity index is 1270. The molecule has 2 aromatic heterocycles. The molecule has 138 valence electrons. The zero-order valence-corrected chi connectivity index (χ0v) is 15.3. The lowest BCUT2D eigenvalue weighted by atomic mass is 9.92. The van der Waals surface area contributed by atoms with Gasteiger partial charge in [-0.15, -0.1) is 0 Å². The zero-order valence-electron chi connectivity index (χ0n) is 15.3. The number of aromatic amines is 1. The maximum atomic E-state index is 12.4. The number of nitrogens with one attached hydrogen (secondary N) is 2. The molecule has 0 fully saturated rings. The number of nitrogens with zero attached hydrogens (tertiary/aromatic N) is 2. The fraction of sp³-hybridized carbons (Fsp3) is 0.136. The van der Waals surface area contributed by atoms with Crippen LogP contribution < -0.4 is 10.9 Å². The average molecular weight is 370 g/mol. The predicted molar refractivity (Wildman–Crippen MR) is 108 cm³/mol. The number of carbonyl (C=O) groups is 1. The molecule has 4 aromatic rings. The highest BCUT2D eigenvalue weighted by Crippen LogP contribution is 2.44. The fourth-order valence-electron chi connectivity index (χ4n) is 4.11. The molecule has 6 heteroatoms. The fourth-order valence-corrected chi connectivity index (χ4v) is 4.11. The molecule has 0 saturated heterocycles. The van der Waals surface area contributed by atoms with Crippen LogP contribution in [0.25, 0.3) is 16.9 Å². The summed E-state index contributed by atoms with van der Waals surface area (Å²) in [5, 5.41) is 2.79. The van der Waals surface area contributed by atoms with E-state index in [1.165, 1.54) is 12.5 Å². The van der Waals surface area contributed by atoms with E-state index >= 15 is 0 Å². The first-order valence-corrected chi connectivity index (χ1v) is 9.17. The second-order valence-corrected chi connectivity index (χ2v) is 7.06. The monoisotopic (exact) mass is 370 g/mol. The standard InChI is InChI=1S/C22H18N4O2/c1-13(27)24-15-8-6-14(7-9-15)12-18-16-4-2-3-5-17(16)19-20(18)26-11-10-23-21(26)22(28)25-19/h2-11,18H,12H2,1H3,(H,24,27)(H,25,28). The van der Waals surface area contributed by atoms with Crippen molar-refractivity contribution in [2.24, 2.45) is 0 Å². The van der Waals surface area contributed by atoms with Gasteiger partial charge in [-0.2, -0.15) is 0 Å². The van der Waals surface area contributed by atoms with E-state index < -0.39 is 0 Å². The topological polar surface area (TPSA) is 79.3 Å². The first-order chi connectivity index (χ1) is 13.6. The Morgan fingerprint density at radius 3 is 2.75 bits per heavy atom. The largest absolute Gasteiger partial charge is 0.326 e. The second kappa shape index (κ2) is 6.20. The van der Waals surface area contributed by atoms with E-state index in [2.05, 4.69) is 21.4 Å². The van der Waals surface area contributed by atoms with Gasteiger partial charge in [0.1, 0.15) is 0 Å². The molecule has 0 radical (unpaired) electrons. The second-order valence-electron chi connectivity index (χ2n) is 7.06. The number of hydrogen-bond donors (Lipinski definition) is 2. The van der Waals surface area contributed by atoms with Crippen LogP contribution in [0.15, 0.2) is 65.7 Å².